The Hall–Kier alpha value is -2.89. The molecule has 2 amide bonds. The maximum absolute atomic E-state index is 11.9. The van der Waals surface area contributed by atoms with Crippen molar-refractivity contribution in [2.75, 3.05) is 18.1 Å². The third-order valence-electron chi connectivity index (χ3n) is 3.22. The number of nitrogens with one attached hydrogen (secondary N) is 1. The molecule has 3 N–H and O–H groups in total. The number of imide groups is 1. The summed E-state index contributed by atoms with van der Waals surface area (Å²) >= 11 is 0. The highest BCUT2D eigenvalue weighted by molar-refractivity contribution is 6.21. The molecule has 1 aromatic carbocycles. The van der Waals surface area contributed by atoms with Crippen LogP contribution in [0.3, 0.4) is 0 Å². The summed E-state index contributed by atoms with van der Waals surface area (Å²) in [6, 6.07) is 6.77. The molecule has 0 saturated heterocycles. The van der Waals surface area contributed by atoms with E-state index < -0.39 is 0 Å². The Kier molecular flexibility index (Phi) is 2.64. The fourth-order valence-electron chi connectivity index (χ4n) is 2.12. The Morgan fingerprint density at radius 3 is 2.65 bits per heavy atom. The summed E-state index contributed by atoms with van der Waals surface area (Å²) in [5.41, 5.74) is 8.52. The van der Waals surface area contributed by atoms with Crippen LogP contribution >= 0.6 is 0 Å². The summed E-state index contributed by atoms with van der Waals surface area (Å²) in [6.45, 7) is 0. The number of fused-ring (bicyclic) bond motifs is 1. The van der Waals surface area contributed by atoms with E-state index in [4.69, 9.17) is 5.73 Å². The molecule has 1 aliphatic rings. The maximum Gasteiger partial charge on any atom is 0.261 e. The topological polar surface area (TPSA) is 88.3 Å². The Morgan fingerprint density at radius 1 is 1.15 bits per heavy atom. The number of carbonyl (C=O) groups is 2. The van der Waals surface area contributed by atoms with Crippen molar-refractivity contribution in [1.82, 2.24) is 9.88 Å². The summed E-state index contributed by atoms with van der Waals surface area (Å²) in [5, 5.41) is 3.11. The number of amides is 2. The number of benzene rings is 1. The Morgan fingerprint density at radius 2 is 1.90 bits per heavy atom. The number of hydrogen-bond donors (Lipinski definition) is 2. The number of rotatable bonds is 2. The Balaban J connectivity index is 1.97. The Labute approximate surface area is 115 Å². The van der Waals surface area contributed by atoms with E-state index >= 15 is 0 Å². The first-order valence-corrected chi connectivity index (χ1v) is 6.01. The van der Waals surface area contributed by atoms with Crippen LogP contribution in [0.25, 0.3) is 0 Å². The molecule has 2 heterocycles. The molecular weight excluding hydrogens is 256 g/mol. The largest absolute Gasteiger partial charge is 0.396 e. The standard InChI is InChI=1S/C14H12N4O2/c1-18-13(19)9-3-2-8(6-10(9)14(18)20)17-12-4-5-16-7-11(12)15/h2-7H,15H2,1H3,(H,16,17). The number of pyridine rings is 1. The van der Waals surface area contributed by atoms with Gasteiger partial charge in [-0.2, -0.15) is 0 Å². The molecule has 3 rings (SSSR count). The molecule has 1 aliphatic heterocycles. The van der Waals surface area contributed by atoms with Crippen molar-refractivity contribution in [3.63, 3.8) is 0 Å². The molecule has 0 unspecified atom stereocenters. The normalized spacial score (nSPS) is 13.6. The second-order valence-corrected chi connectivity index (χ2v) is 4.52. The van der Waals surface area contributed by atoms with E-state index in [1.165, 1.54) is 13.2 Å². The van der Waals surface area contributed by atoms with Gasteiger partial charge in [-0.25, -0.2) is 0 Å². The molecule has 0 fully saturated rings. The SMILES string of the molecule is CN1C(=O)c2ccc(Nc3ccncc3N)cc2C1=O. The molecule has 20 heavy (non-hydrogen) atoms. The van der Waals surface area contributed by atoms with E-state index in [0.717, 1.165) is 4.90 Å². The quantitative estimate of drug-likeness (QED) is 0.808. The van der Waals surface area contributed by atoms with Crippen LogP contribution in [0.4, 0.5) is 17.1 Å². The van der Waals surface area contributed by atoms with Crippen molar-refractivity contribution in [2.24, 2.45) is 0 Å². The van der Waals surface area contributed by atoms with Gasteiger partial charge in [-0.05, 0) is 24.3 Å². The summed E-state index contributed by atoms with van der Waals surface area (Å²) in [7, 11) is 1.47. The number of nitrogens with zero attached hydrogens (tertiary/aromatic N) is 2. The van der Waals surface area contributed by atoms with Crippen LogP contribution in [0.5, 0.6) is 0 Å². The molecule has 1 aromatic heterocycles. The van der Waals surface area contributed by atoms with E-state index in [2.05, 4.69) is 10.3 Å². The lowest BCUT2D eigenvalue weighted by Crippen LogP contribution is -2.24. The van der Waals surface area contributed by atoms with Crippen molar-refractivity contribution in [1.29, 1.82) is 0 Å². The van der Waals surface area contributed by atoms with Gasteiger partial charge in [0, 0.05) is 18.9 Å². The maximum atomic E-state index is 11.9. The van der Waals surface area contributed by atoms with Gasteiger partial charge in [0.05, 0.1) is 28.7 Å². The Bertz CT molecular complexity index is 727. The lowest BCUT2D eigenvalue weighted by Gasteiger charge is -2.09. The molecule has 100 valence electrons. The van der Waals surface area contributed by atoms with Crippen LogP contribution in [0.1, 0.15) is 20.7 Å². The first kappa shape index (κ1) is 12.2. The number of hydrogen-bond acceptors (Lipinski definition) is 5. The minimum atomic E-state index is -0.295. The number of nitrogens with two attached hydrogens (primary N) is 1. The number of carbonyl (C=O) groups excluding carboxylic acids is 2. The van der Waals surface area contributed by atoms with Gasteiger partial charge in [-0.15, -0.1) is 0 Å². The monoisotopic (exact) mass is 268 g/mol. The van der Waals surface area contributed by atoms with Crippen LogP contribution in [0.15, 0.2) is 36.7 Å². The fraction of sp³-hybridized carbons (Fsp3) is 0.0714. The molecule has 0 spiro atoms. The van der Waals surface area contributed by atoms with E-state index in [0.29, 0.717) is 28.2 Å². The highest BCUT2D eigenvalue weighted by Crippen LogP contribution is 2.27. The summed E-state index contributed by atoms with van der Waals surface area (Å²) in [4.78, 5) is 28.7. The second kappa shape index (κ2) is 4.34. The minimum absolute atomic E-state index is 0.278. The van der Waals surface area contributed by atoms with E-state index in [1.54, 1.807) is 30.5 Å². The van der Waals surface area contributed by atoms with Gasteiger partial charge < -0.3 is 11.1 Å². The van der Waals surface area contributed by atoms with Gasteiger partial charge in [-0.1, -0.05) is 0 Å². The molecular formula is C14H12N4O2. The zero-order valence-electron chi connectivity index (χ0n) is 10.8. The summed E-state index contributed by atoms with van der Waals surface area (Å²) < 4.78 is 0. The average molecular weight is 268 g/mol. The molecule has 6 heteroatoms. The number of anilines is 3. The first-order chi connectivity index (χ1) is 9.58. The van der Waals surface area contributed by atoms with Crippen molar-refractivity contribution in [3.8, 4) is 0 Å². The summed E-state index contributed by atoms with van der Waals surface area (Å²) in [5.74, 6) is -0.573. The second-order valence-electron chi connectivity index (χ2n) is 4.52. The van der Waals surface area contributed by atoms with Gasteiger partial charge in [0.1, 0.15) is 0 Å². The van der Waals surface area contributed by atoms with Crippen LogP contribution in [0, 0.1) is 0 Å². The third-order valence-corrected chi connectivity index (χ3v) is 3.22. The molecule has 2 aromatic rings. The van der Waals surface area contributed by atoms with Gasteiger partial charge in [-0.3, -0.25) is 19.5 Å². The van der Waals surface area contributed by atoms with Crippen LogP contribution in [-0.2, 0) is 0 Å². The zero-order chi connectivity index (χ0) is 14.3. The van der Waals surface area contributed by atoms with Crippen molar-refractivity contribution >= 4 is 28.9 Å². The zero-order valence-corrected chi connectivity index (χ0v) is 10.8. The molecule has 0 atom stereocenters. The van der Waals surface area contributed by atoms with Crippen LogP contribution in [-0.4, -0.2) is 28.7 Å². The smallest absolute Gasteiger partial charge is 0.261 e. The van der Waals surface area contributed by atoms with Crippen molar-refractivity contribution in [3.05, 3.63) is 47.8 Å². The van der Waals surface area contributed by atoms with Crippen LogP contribution < -0.4 is 11.1 Å². The molecule has 6 nitrogen and oxygen atoms in total. The lowest BCUT2D eigenvalue weighted by atomic mass is 10.1. The average Bonchev–Trinajstić information content (AvgIpc) is 2.66. The fourth-order valence-corrected chi connectivity index (χ4v) is 2.12. The van der Waals surface area contributed by atoms with Crippen LogP contribution in [0.2, 0.25) is 0 Å². The van der Waals surface area contributed by atoms with Crippen molar-refractivity contribution in [2.45, 2.75) is 0 Å². The van der Waals surface area contributed by atoms with Gasteiger partial charge in [0.25, 0.3) is 11.8 Å². The third kappa shape index (κ3) is 1.78. The van der Waals surface area contributed by atoms with Gasteiger partial charge in [0.15, 0.2) is 0 Å². The summed E-state index contributed by atoms with van der Waals surface area (Å²) in [6.07, 6.45) is 3.16. The minimum Gasteiger partial charge on any atom is -0.396 e. The highest BCUT2D eigenvalue weighted by Gasteiger charge is 2.32. The molecule has 0 aliphatic carbocycles. The molecule has 0 saturated carbocycles. The van der Waals surface area contributed by atoms with E-state index in [9.17, 15) is 9.59 Å². The predicted molar refractivity (Wildman–Crippen MR) is 74.8 cm³/mol. The molecule has 0 bridgehead atoms. The van der Waals surface area contributed by atoms with Gasteiger partial charge in [0.2, 0.25) is 0 Å². The van der Waals surface area contributed by atoms with Gasteiger partial charge >= 0.3 is 0 Å². The number of nitrogen functional groups attached to an aromatic ring is 1. The van der Waals surface area contributed by atoms with E-state index in [1.807, 2.05) is 0 Å². The van der Waals surface area contributed by atoms with E-state index in [-0.39, 0.29) is 11.8 Å². The number of aromatic nitrogens is 1. The lowest BCUT2D eigenvalue weighted by molar-refractivity contribution is 0.0693. The predicted octanol–water partition coefficient (Wildman–Crippen LogP) is 1.63. The first-order valence-electron chi connectivity index (χ1n) is 6.01. The molecule has 0 radical (unpaired) electrons. The van der Waals surface area contributed by atoms with Crippen molar-refractivity contribution < 1.29 is 9.59 Å². The highest BCUT2D eigenvalue weighted by atomic mass is 16.2.